The molecule has 0 radical (unpaired) electrons. The molecule has 0 amide bonds. The standard InChI is InChI=1S/C9H18FN/c10-9-11-7-5-3-1-2-4-6-8-11/h1-9H2. The van der Waals surface area contributed by atoms with Crippen LogP contribution in [0.2, 0.25) is 0 Å². The fourth-order valence-corrected chi connectivity index (χ4v) is 1.61. The second-order valence-electron chi connectivity index (χ2n) is 3.36. The van der Waals surface area contributed by atoms with Gasteiger partial charge in [0.05, 0.1) is 0 Å². The molecule has 0 aromatic carbocycles. The van der Waals surface area contributed by atoms with Crippen molar-refractivity contribution in [3.8, 4) is 0 Å². The van der Waals surface area contributed by atoms with Crippen LogP contribution >= 0.6 is 0 Å². The highest BCUT2D eigenvalue weighted by Crippen LogP contribution is 2.10. The molecule has 0 atom stereocenters. The van der Waals surface area contributed by atoms with Crippen molar-refractivity contribution in [3.05, 3.63) is 0 Å². The SMILES string of the molecule is FCN1CCCCCCCC1. The lowest BCUT2D eigenvalue weighted by molar-refractivity contribution is 0.182. The Morgan fingerprint density at radius 1 is 0.818 bits per heavy atom. The summed E-state index contributed by atoms with van der Waals surface area (Å²) in [5, 5.41) is 0. The van der Waals surface area contributed by atoms with Crippen LogP contribution in [0.1, 0.15) is 38.5 Å². The average Bonchev–Trinajstić information content (AvgIpc) is 2.16. The van der Waals surface area contributed by atoms with Crippen molar-refractivity contribution in [2.45, 2.75) is 38.5 Å². The topological polar surface area (TPSA) is 3.24 Å². The third-order valence-electron chi connectivity index (χ3n) is 2.37. The van der Waals surface area contributed by atoms with Crippen molar-refractivity contribution in [3.63, 3.8) is 0 Å². The average molecular weight is 159 g/mol. The van der Waals surface area contributed by atoms with Crippen LogP contribution in [0.5, 0.6) is 0 Å². The van der Waals surface area contributed by atoms with Gasteiger partial charge in [0.15, 0.2) is 0 Å². The lowest BCUT2D eigenvalue weighted by Gasteiger charge is -2.16. The molecule has 1 fully saturated rings. The first-order chi connectivity index (χ1) is 5.43. The van der Waals surface area contributed by atoms with Gasteiger partial charge in [-0.25, -0.2) is 4.39 Å². The smallest absolute Gasteiger partial charge is 0.143 e. The van der Waals surface area contributed by atoms with Crippen molar-refractivity contribution < 1.29 is 4.39 Å². The fourth-order valence-electron chi connectivity index (χ4n) is 1.61. The van der Waals surface area contributed by atoms with Gasteiger partial charge in [0.2, 0.25) is 0 Å². The van der Waals surface area contributed by atoms with Crippen LogP contribution in [0.25, 0.3) is 0 Å². The van der Waals surface area contributed by atoms with E-state index < -0.39 is 0 Å². The summed E-state index contributed by atoms with van der Waals surface area (Å²) in [5.41, 5.74) is 0. The highest BCUT2D eigenvalue weighted by molar-refractivity contribution is 4.57. The zero-order chi connectivity index (χ0) is 7.94. The highest BCUT2D eigenvalue weighted by atomic mass is 19.1. The molecule has 66 valence electrons. The highest BCUT2D eigenvalue weighted by Gasteiger charge is 2.05. The van der Waals surface area contributed by atoms with Crippen LogP contribution in [-0.2, 0) is 0 Å². The van der Waals surface area contributed by atoms with Crippen molar-refractivity contribution in [1.82, 2.24) is 4.90 Å². The Morgan fingerprint density at radius 2 is 1.27 bits per heavy atom. The summed E-state index contributed by atoms with van der Waals surface area (Å²) in [7, 11) is 0. The Hall–Kier alpha value is -0.110. The summed E-state index contributed by atoms with van der Waals surface area (Å²) < 4.78 is 12.3. The van der Waals surface area contributed by atoms with Crippen molar-refractivity contribution in [2.75, 3.05) is 19.9 Å². The first kappa shape index (κ1) is 8.98. The van der Waals surface area contributed by atoms with Gasteiger partial charge < -0.3 is 0 Å². The molecule has 1 saturated heterocycles. The predicted molar refractivity (Wildman–Crippen MR) is 45.3 cm³/mol. The predicted octanol–water partition coefficient (Wildman–Crippen LogP) is 2.57. The number of alkyl halides is 1. The molecule has 0 aliphatic carbocycles. The molecule has 0 N–H and O–H groups in total. The van der Waals surface area contributed by atoms with E-state index in [1.807, 2.05) is 4.90 Å². The number of halogens is 1. The summed E-state index contributed by atoms with van der Waals surface area (Å²) in [5.74, 6) is 0. The molecule has 1 nitrogen and oxygen atoms in total. The molecule has 0 spiro atoms. The molecule has 11 heavy (non-hydrogen) atoms. The summed E-state index contributed by atoms with van der Waals surface area (Å²) >= 11 is 0. The maximum atomic E-state index is 12.3. The largest absolute Gasteiger partial charge is 0.277 e. The second-order valence-corrected chi connectivity index (χ2v) is 3.36. The summed E-state index contributed by atoms with van der Waals surface area (Å²) in [6, 6.07) is 0. The van der Waals surface area contributed by atoms with Gasteiger partial charge >= 0.3 is 0 Å². The minimum Gasteiger partial charge on any atom is -0.277 e. The van der Waals surface area contributed by atoms with Gasteiger partial charge in [0.1, 0.15) is 6.80 Å². The van der Waals surface area contributed by atoms with Crippen LogP contribution < -0.4 is 0 Å². The van der Waals surface area contributed by atoms with E-state index >= 15 is 0 Å². The Labute approximate surface area is 68.6 Å². The van der Waals surface area contributed by atoms with Crippen molar-refractivity contribution >= 4 is 0 Å². The monoisotopic (exact) mass is 159 g/mol. The molecule has 0 bridgehead atoms. The van der Waals surface area contributed by atoms with Crippen LogP contribution in [0.15, 0.2) is 0 Å². The Balaban J connectivity index is 2.19. The van der Waals surface area contributed by atoms with Gasteiger partial charge in [0, 0.05) is 13.1 Å². The molecule has 1 heterocycles. The van der Waals surface area contributed by atoms with Crippen LogP contribution in [0, 0.1) is 0 Å². The minimum absolute atomic E-state index is 0.250. The molecule has 0 unspecified atom stereocenters. The molecule has 0 saturated carbocycles. The molecular formula is C9H18FN. The van der Waals surface area contributed by atoms with Crippen LogP contribution in [-0.4, -0.2) is 24.8 Å². The van der Waals surface area contributed by atoms with Crippen molar-refractivity contribution in [1.29, 1.82) is 0 Å². The Morgan fingerprint density at radius 3 is 1.73 bits per heavy atom. The van der Waals surface area contributed by atoms with E-state index in [2.05, 4.69) is 0 Å². The van der Waals surface area contributed by atoms with Crippen molar-refractivity contribution in [2.24, 2.45) is 0 Å². The minimum atomic E-state index is -0.250. The molecule has 0 aromatic rings. The molecule has 1 aliphatic rings. The van der Waals surface area contributed by atoms with E-state index in [4.69, 9.17) is 0 Å². The number of hydrogen-bond donors (Lipinski definition) is 0. The van der Waals surface area contributed by atoms with E-state index in [9.17, 15) is 4.39 Å². The molecule has 1 aliphatic heterocycles. The number of hydrogen-bond acceptors (Lipinski definition) is 1. The van der Waals surface area contributed by atoms with E-state index in [0.29, 0.717) is 0 Å². The van der Waals surface area contributed by atoms with Gasteiger partial charge in [-0.15, -0.1) is 0 Å². The van der Waals surface area contributed by atoms with Gasteiger partial charge in [-0.3, -0.25) is 4.90 Å². The van der Waals surface area contributed by atoms with Gasteiger partial charge in [-0.1, -0.05) is 25.7 Å². The third-order valence-corrected chi connectivity index (χ3v) is 2.37. The molecular weight excluding hydrogens is 141 g/mol. The zero-order valence-electron chi connectivity index (χ0n) is 7.19. The number of nitrogens with zero attached hydrogens (tertiary/aromatic N) is 1. The lowest BCUT2D eigenvalue weighted by atomic mass is 10.1. The van der Waals surface area contributed by atoms with E-state index in [1.165, 1.54) is 38.5 Å². The molecule has 0 aromatic heterocycles. The Bertz CT molecular complexity index is 85.6. The maximum absolute atomic E-state index is 12.3. The van der Waals surface area contributed by atoms with Crippen LogP contribution in [0.4, 0.5) is 4.39 Å². The lowest BCUT2D eigenvalue weighted by Crippen LogP contribution is -2.24. The Kier molecular flexibility index (Phi) is 4.51. The zero-order valence-corrected chi connectivity index (χ0v) is 7.19. The quantitative estimate of drug-likeness (QED) is 0.531. The third kappa shape index (κ3) is 3.71. The first-order valence-electron chi connectivity index (χ1n) is 4.72. The van der Waals surface area contributed by atoms with Gasteiger partial charge in [-0.05, 0) is 12.8 Å². The molecule has 2 heteroatoms. The molecule has 1 rings (SSSR count). The van der Waals surface area contributed by atoms with E-state index in [-0.39, 0.29) is 6.80 Å². The van der Waals surface area contributed by atoms with Gasteiger partial charge in [-0.2, -0.15) is 0 Å². The summed E-state index contributed by atoms with van der Waals surface area (Å²) in [6.45, 7) is 1.69. The van der Waals surface area contributed by atoms with E-state index in [1.54, 1.807) is 0 Å². The summed E-state index contributed by atoms with van der Waals surface area (Å²) in [4.78, 5) is 1.92. The van der Waals surface area contributed by atoms with Gasteiger partial charge in [0.25, 0.3) is 0 Å². The van der Waals surface area contributed by atoms with E-state index in [0.717, 1.165) is 13.1 Å². The number of rotatable bonds is 1. The van der Waals surface area contributed by atoms with Crippen LogP contribution in [0.3, 0.4) is 0 Å². The maximum Gasteiger partial charge on any atom is 0.143 e. The first-order valence-corrected chi connectivity index (χ1v) is 4.72. The summed E-state index contributed by atoms with van der Waals surface area (Å²) in [6.07, 6.45) is 7.64. The fraction of sp³-hybridized carbons (Fsp3) is 1.00. The normalized spacial score (nSPS) is 23.7. The second kappa shape index (κ2) is 5.53.